The van der Waals surface area contributed by atoms with E-state index in [2.05, 4.69) is 0 Å². The van der Waals surface area contributed by atoms with E-state index < -0.39 is 23.4 Å². The van der Waals surface area contributed by atoms with Crippen molar-refractivity contribution >= 4 is 12.1 Å². The minimum atomic E-state index is -1.08. The summed E-state index contributed by atoms with van der Waals surface area (Å²) in [6, 6.07) is 12.1. The highest BCUT2D eigenvalue weighted by Gasteiger charge is 2.40. The van der Waals surface area contributed by atoms with Crippen LogP contribution in [0.2, 0.25) is 0 Å². The summed E-state index contributed by atoms with van der Waals surface area (Å²) in [5.41, 5.74) is -0.181. The fourth-order valence-corrected chi connectivity index (χ4v) is 4.04. The number of aryl methyl sites for hydroxylation is 1. The topological polar surface area (TPSA) is 127 Å². The van der Waals surface area contributed by atoms with Crippen molar-refractivity contribution in [2.75, 3.05) is 35.0 Å². The third-order valence-corrected chi connectivity index (χ3v) is 6.32. The number of hydrogen-bond donors (Lipinski definition) is 0. The summed E-state index contributed by atoms with van der Waals surface area (Å²) in [6.07, 6.45) is -0.340. The van der Waals surface area contributed by atoms with Gasteiger partial charge < -0.3 is 32.5 Å². The van der Waals surface area contributed by atoms with Crippen LogP contribution in [0.15, 0.2) is 56.1 Å². The summed E-state index contributed by atoms with van der Waals surface area (Å²) in [5.74, 6) is -0.286. The molecule has 1 atom stereocenters. The summed E-state index contributed by atoms with van der Waals surface area (Å²) in [5, 5.41) is 0. The standard InChI is InChI=1S/C27H31NO10/c1-7-27(19-11-9-8-10-12-19,28(3)25(30)35-15-22-17(2)37-26(31)38-22)16-36-24(29)18-13-20(32-4)23(34-6)21(14-18)33-5/h8-14H,7,15-16H2,1-6H3. The van der Waals surface area contributed by atoms with Crippen LogP contribution in [0, 0.1) is 6.92 Å². The fraction of sp³-hybridized carbons (Fsp3) is 0.370. The lowest BCUT2D eigenvalue weighted by atomic mass is 9.86. The van der Waals surface area contributed by atoms with Gasteiger partial charge in [-0.15, -0.1) is 0 Å². The summed E-state index contributed by atoms with van der Waals surface area (Å²) in [7, 11) is 5.90. The summed E-state index contributed by atoms with van der Waals surface area (Å²) in [4.78, 5) is 39.0. The molecule has 1 unspecified atom stereocenters. The van der Waals surface area contributed by atoms with E-state index in [4.69, 9.17) is 32.5 Å². The Balaban J connectivity index is 1.88. The van der Waals surface area contributed by atoms with Gasteiger partial charge in [0.1, 0.15) is 12.1 Å². The van der Waals surface area contributed by atoms with Crippen molar-refractivity contribution in [3.05, 3.63) is 75.7 Å². The lowest BCUT2D eigenvalue weighted by Crippen LogP contribution is -2.50. The van der Waals surface area contributed by atoms with Crippen LogP contribution in [0.1, 0.15) is 40.8 Å². The van der Waals surface area contributed by atoms with Crippen LogP contribution < -0.4 is 20.0 Å². The minimum absolute atomic E-state index is 0.104. The highest BCUT2D eigenvalue weighted by atomic mass is 16.6. The normalized spacial score (nSPS) is 12.3. The first kappa shape index (κ1) is 28.2. The number of carbonyl (C=O) groups excluding carboxylic acids is 2. The Hall–Kier alpha value is -4.41. The van der Waals surface area contributed by atoms with E-state index in [9.17, 15) is 14.4 Å². The van der Waals surface area contributed by atoms with Crippen LogP contribution in [-0.2, 0) is 21.6 Å². The van der Waals surface area contributed by atoms with E-state index in [1.807, 2.05) is 37.3 Å². The Bertz CT molecular complexity index is 1290. The SMILES string of the molecule is CCC(COC(=O)c1cc(OC)c(OC)c(OC)c1)(c1ccccc1)N(C)C(=O)OCc1oc(=O)oc1C. The van der Waals surface area contributed by atoms with Gasteiger partial charge in [-0.2, -0.15) is 0 Å². The average Bonchev–Trinajstić information content (AvgIpc) is 3.27. The summed E-state index contributed by atoms with van der Waals surface area (Å²) < 4.78 is 36.8. The monoisotopic (exact) mass is 529 g/mol. The Morgan fingerprint density at radius 2 is 1.58 bits per heavy atom. The molecule has 0 aliphatic heterocycles. The number of likely N-dealkylation sites (N-methyl/N-ethyl adjacent to an activating group) is 1. The highest BCUT2D eigenvalue weighted by Crippen LogP contribution is 2.39. The van der Waals surface area contributed by atoms with Gasteiger partial charge in [0.15, 0.2) is 29.6 Å². The van der Waals surface area contributed by atoms with E-state index in [1.165, 1.54) is 45.3 Å². The molecule has 3 rings (SSSR count). The Kier molecular flexibility index (Phi) is 9.06. The fourth-order valence-electron chi connectivity index (χ4n) is 4.04. The van der Waals surface area contributed by atoms with Gasteiger partial charge in [0.05, 0.1) is 26.9 Å². The molecule has 0 spiro atoms. The molecule has 38 heavy (non-hydrogen) atoms. The molecule has 0 fully saturated rings. The molecule has 0 aliphatic rings. The van der Waals surface area contributed by atoms with Gasteiger partial charge in [-0.05, 0) is 31.0 Å². The van der Waals surface area contributed by atoms with Gasteiger partial charge in [0.25, 0.3) is 0 Å². The second-order valence-electron chi connectivity index (χ2n) is 8.29. The number of benzene rings is 2. The molecule has 3 aromatic rings. The molecule has 11 heteroatoms. The summed E-state index contributed by atoms with van der Waals surface area (Å²) >= 11 is 0. The Morgan fingerprint density at radius 1 is 0.947 bits per heavy atom. The maximum atomic E-state index is 13.2. The van der Waals surface area contributed by atoms with Gasteiger partial charge in [-0.3, -0.25) is 4.90 Å². The molecule has 1 aromatic heterocycles. The quantitative estimate of drug-likeness (QED) is 0.332. The van der Waals surface area contributed by atoms with Gasteiger partial charge in [0, 0.05) is 7.05 Å². The molecule has 2 aromatic carbocycles. The minimum Gasteiger partial charge on any atom is -0.493 e. The predicted octanol–water partition coefficient (Wildman–Crippen LogP) is 4.30. The lowest BCUT2D eigenvalue weighted by Gasteiger charge is -2.40. The number of ether oxygens (including phenoxy) is 5. The zero-order valence-corrected chi connectivity index (χ0v) is 22.2. The number of carbonyl (C=O) groups is 2. The molecule has 1 amide bonds. The molecule has 1 heterocycles. The molecule has 11 nitrogen and oxygen atoms in total. The zero-order valence-electron chi connectivity index (χ0n) is 22.2. The smallest absolute Gasteiger partial charge is 0.493 e. The first-order valence-corrected chi connectivity index (χ1v) is 11.7. The van der Waals surface area contributed by atoms with Gasteiger partial charge >= 0.3 is 17.9 Å². The van der Waals surface area contributed by atoms with Crippen LogP contribution in [-0.4, -0.2) is 51.9 Å². The van der Waals surface area contributed by atoms with Crippen LogP contribution in [0.25, 0.3) is 0 Å². The van der Waals surface area contributed by atoms with Crippen molar-refractivity contribution in [3.8, 4) is 17.2 Å². The zero-order chi connectivity index (χ0) is 27.9. The van der Waals surface area contributed by atoms with Crippen LogP contribution in [0.5, 0.6) is 17.2 Å². The van der Waals surface area contributed by atoms with E-state index >= 15 is 0 Å². The molecule has 0 N–H and O–H groups in total. The maximum absolute atomic E-state index is 13.2. The molecule has 0 bridgehead atoms. The largest absolute Gasteiger partial charge is 0.519 e. The van der Waals surface area contributed by atoms with Crippen LogP contribution >= 0.6 is 0 Å². The predicted molar refractivity (Wildman–Crippen MR) is 135 cm³/mol. The lowest BCUT2D eigenvalue weighted by molar-refractivity contribution is -0.00167. The van der Waals surface area contributed by atoms with E-state index in [-0.39, 0.29) is 30.3 Å². The maximum Gasteiger partial charge on any atom is 0.519 e. The average molecular weight is 530 g/mol. The molecular formula is C27H31NO10. The molecule has 0 saturated carbocycles. The molecule has 204 valence electrons. The van der Waals surface area contributed by atoms with Crippen molar-refractivity contribution in [1.82, 2.24) is 4.90 Å². The van der Waals surface area contributed by atoms with Crippen LogP contribution in [0.3, 0.4) is 0 Å². The molecular weight excluding hydrogens is 498 g/mol. The van der Waals surface area contributed by atoms with Gasteiger partial charge in [-0.25, -0.2) is 14.4 Å². The van der Waals surface area contributed by atoms with Gasteiger partial charge in [-0.1, -0.05) is 37.3 Å². The first-order chi connectivity index (χ1) is 18.2. The van der Waals surface area contributed by atoms with Crippen molar-refractivity contribution in [2.24, 2.45) is 0 Å². The second-order valence-corrected chi connectivity index (χ2v) is 8.29. The highest BCUT2D eigenvalue weighted by molar-refractivity contribution is 5.91. The van der Waals surface area contributed by atoms with Crippen molar-refractivity contribution in [1.29, 1.82) is 0 Å². The van der Waals surface area contributed by atoms with Crippen LogP contribution in [0.4, 0.5) is 4.79 Å². The van der Waals surface area contributed by atoms with E-state index in [0.29, 0.717) is 23.7 Å². The molecule has 0 radical (unpaired) electrons. The van der Waals surface area contributed by atoms with Crippen molar-refractivity contribution in [2.45, 2.75) is 32.4 Å². The Labute approximate surface area is 219 Å². The third kappa shape index (κ3) is 5.77. The van der Waals surface area contributed by atoms with Gasteiger partial charge in [0.2, 0.25) is 5.75 Å². The number of hydrogen-bond acceptors (Lipinski definition) is 10. The third-order valence-electron chi connectivity index (χ3n) is 6.32. The number of rotatable bonds is 11. The number of nitrogens with zero attached hydrogens (tertiary/aromatic N) is 1. The van der Waals surface area contributed by atoms with E-state index in [0.717, 1.165) is 5.56 Å². The molecule has 0 aliphatic carbocycles. The number of esters is 1. The Morgan fingerprint density at radius 3 is 2.08 bits per heavy atom. The first-order valence-electron chi connectivity index (χ1n) is 11.7. The number of amides is 1. The van der Waals surface area contributed by atoms with E-state index in [1.54, 1.807) is 7.05 Å². The summed E-state index contributed by atoms with van der Waals surface area (Å²) in [6.45, 7) is 2.90. The number of methoxy groups -OCH3 is 3. The van der Waals surface area contributed by atoms with Crippen molar-refractivity contribution in [3.63, 3.8) is 0 Å². The van der Waals surface area contributed by atoms with Crippen molar-refractivity contribution < 1.29 is 42.1 Å². The molecule has 0 saturated heterocycles. The second kappa shape index (κ2) is 12.2.